The smallest absolute Gasteiger partial charge is 0.311 e. The number of carbonyl (C=O) groups excluding carboxylic acids is 1. The summed E-state index contributed by atoms with van der Waals surface area (Å²) in [5, 5.41) is 3.32. The average molecular weight is 250 g/mol. The molecule has 2 fully saturated rings. The molecule has 0 saturated carbocycles. The molecule has 5 heteroatoms. The van der Waals surface area contributed by atoms with Crippen molar-refractivity contribution in [3.63, 3.8) is 0 Å². The van der Waals surface area contributed by atoms with Crippen molar-refractivity contribution in [2.75, 3.05) is 26.8 Å². The fourth-order valence-electron chi connectivity index (χ4n) is 2.65. The van der Waals surface area contributed by atoms with Crippen molar-refractivity contribution in [1.82, 2.24) is 5.32 Å². The zero-order chi connectivity index (χ0) is 10.7. The molecule has 0 amide bonds. The van der Waals surface area contributed by atoms with E-state index in [1.54, 1.807) is 0 Å². The summed E-state index contributed by atoms with van der Waals surface area (Å²) < 4.78 is 10.5. The quantitative estimate of drug-likeness (QED) is 0.742. The molecule has 0 bridgehead atoms. The van der Waals surface area contributed by atoms with Crippen molar-refractivity contribution >= 4 is 18.4 Å². The van der Waals surface area contributed by atoms with Crippen molar-refractivity contribution in [2.24, 2.45) is 11.8 Å². The minimum atomic E-state index is -0.101. The third-order valence-electron chi connectivity index (χ3n) is 3.49. The highest BCUT2D eigenvalue weighted by Crippen LogP contribution is 2.32. The maximum atomic E-state index is 11.5. The van der Waals surface area contributed by atoms with Gasteiger partial charge in [-0.25, -0.2) is 0 Å². The minimum absolute atomic E-state index is 0. The van der Waals surface area contributed by atoms with Crippen molar-refractivity contribution in [1.29, 1.82) is 0 Å². The van der Waals surface area contributed by atoms with Crippen LogP contribution in [0.4, 0.5) is 0 Å². The van der Waals surface area contributed by atoms with E-state index in [2.05, 4.69) is 5.32 Å². The normalized spacial score (nSPS) is 30.8. The lowest BCUT2D eigenvalue weighted by Gasteiger charge is -2.29. The second-order valence-corrected chi connectivity index (χ2v) is 4.34. The first kappa shape index (κ1) is 13.7. The van der Waals surface area contributed by atoms with Crippen molar-refractivity contribution in [3.05, 3.63) is 0 Å². The fraction of sp³-hybridized carbons (Fsp3) is 0.909. The maximum Gasteiger partial charge on any atom is 0.311 e. The Hall–Kier alpha value is -0.320. The third-order valence-corrected chi connectivity index (χ3v) is 3.49. The number of nitrogens with one attached hydrogen (secondary N) is 1. The Balaban J connectivity index is 0.00000128. The monoisotopic (exact) mass is 249 g/mol. The van der Waals surface area contributed by atoms with E-state index in [9.17, 15) is 4.79 Å². The Morgan fingerprint density at radius 3 is 2.62 bits per heavy atom. The van der Waals surface area contributed by atoms with Crippen molar-refractivity contribution in [3.8, 4) is 0 Å². The number of hydrogen-bond acceptors (Lipinski definition) is 4. The Kier molecular flexibility index (Phi) is 5.52. The van der Waals surface area contributed by atoms with Gasteiger partial charge in [0.1, 0.15) is 0 Å². The second kappa shape index (κ2) is 6.42. The van der Waals surface area contributed by atoms with Crippen LogP contribution < -0.4 is 5.32 Å². The highest BCUT2D eigenvalue weighted by atomic mass is 35.5. The van der Waals surface area contributed by atoms with Gasteiger partial charge in [-0.15, -0.1) is 12.4 Å². The summed E-state index contributed by atoms with van der Waals surface area (Å²) in [6.07, 6.45) is 3.14. The Morgan fingerprint density at radius 1 is 1.31 bits per heavy atom. The van der Waals surface area contributed by atoms with E-state index in [1.807, 2.05) is 0 Å². The first-order chi connectivity index (χ1) is 7.33. The molecule has 0 unspecified atom stereocenters. The molecule has 0 spiro atoms. The number of halogens is 1. The molecule has 0 aliphatic carbocycles. The summed E-state index contributed by atoms with van der Waals surface area (Å²) in [7, 11) is 1.46. The van der Waals surface area contributed by atoms with Gasteiger partial charge < -0.3 is 14.8 Å². The van der Waals surface area contributed by atoms with Gasteiger partial charge in [0.15, 0.2) is 0 Å². The van der Waals surface area contributed by atoms with Gasteiger partial charge in [-0.1, -0.05) is 0 Å². The molecule has 4 nitrogen and oxygen atoms in total. The predicted octanol–water partition coefficient (Wildman–Crippen LogP) is 0.986. The molecule has 2 aliphatic heterocycles. The number of piperidine rings is 1. The number of ether oxygens (including phenoxy) is 2. The highest BCUT2D eigenvalue weighted by Gasteiger charge is 2.40. The number of rotatable bonds is 2. The van der Waals surface area contributed by atoms with Crippen LogP contribution in [-0.4, -0.2) is 38.9 Å². The summed E-state index contributed by atoms with van der Waals surface area (Å²) >= 11 is 0. The van der Waals surface area contributed by atoms with Gasteiger partial charge in [-0.05, 0) is 38.3 Å². The fourth-order valence-corrected chi connectivity index (χ4v) is 2.65. The molecule has 2 rings (SSSR count). The van der Waals surface area contributed by atoms with Gasteiger partial charge in [0, 0.05) is 6.61 Å². The van der Waals surface area contributed by atoms with E-state index < -0.39 is 0 Å². The van der Waals surface area contributed by atoms with Gasteiger partial charge >= 0.3 is 5.97 Å². The predicted molar refractivity (Wildman–Crippen MR) is 62.7 cm³/mol. The largest absolute Gasteiger partial charge is 0.469 e. The molecule has 16 heavy (non-hydrogen) atoms. The van der Waals surface area contributed by atoms with Crippen molar-refractivity contribution < 1.29 is 14.3 Å². The molecule has 2 heterocycles. The molecule has 0 aromatic rings. The Bertz CT molecular complexity index is 231. The number of esters is 1. The van der Waals surface area contributed by atoms with E-state index in [0.29, 0.717) is 12.5 Å². The van der Waals surface area contributed by atoms with Crippen LogP contribution in [-0.2, 0) is 14.3 Å². The topological polar surface area (TPSA) is 47.6 Å². The lowest BCUT2D eigenvalue weighted by Crippen LogP contribution is -2.38. The third kappa shape index (κ3) is 2.87. The van der Waals surface area contributed by atoms with Crippen LogP contribution in [0.25, 0.3) is 0 Å². The Labute approximate surface area is 102 Å². The van der Waals surface area contributed by atoms with E-state index >= 15 is 0 Å². The molecular formula is C11H20ClNO3. The molecule has 94 valence electrons. The molecule has 0 aromatic carbocycles. The summed E-state index contributed by atoms with van der Waals surface area (Å²) in [5.74, 6) is 0.395. The van der Waals surface area contributed by atoms with Crippen LogP contribution in [0.5, 0.6) is 0 Å². The van der Waals surface area contributed by atoms with Crippen LogP contribution in [0, 0.1) is 11.8 Å². The van der Waals surface area contributed by atoms with Crippen LogP contribution in [0.2, 0.25) is 0 Å². The maximum absolute atomic E-state index is 11.5. The molecule has 0 aromatic heterocycles. The summed E-state index contributed by atoms with van der Waals surface area (Å²) in [6.45, 7) is 2.78. The van der Waals surface area contributed by atoms with E-state index in [-0.39, 0.29) is 30.4 Å². The summed E-state index contributed by atoms with van der Waals surface area (Å²) in [4.78, 5) is 11.5. The van der Waals surface area contributed by atoms with Crippen LogP contribution in [0.15, 0.2) is 0 Å². The lowest BCUT2D eigenvalue weighted by atomic mass is 9.85. The SMILES string of the molecule is COC(=O)[C@@H]1CCO[C@H]1C1CCNCC1.Cl. The average Bonchev–Trinajstić information content (AvgIpc) is 2.78. The summed E-state index contributed by atoms with van der Waals surface area (Å²) in [6, 6.07) is 0. The van der Waals surface area contributed by atoms with E-state index in [1.165, 1.54) is 7.11 Å². The van der Waals surface area contributed by atoms with Gasteiger partial charge in [0.05, 0.1) is 19.1 Å². The van der Waals surface area contributed by atoms with Gasteiger partial charge in [0.25, 0.3) is 0 Å². The highest BCUT2D eigenvalue weighted by molar-refractivity contribution is 5.85. The number of hydrogen-bond donors (Lipinski definition) is 1. The Morgan fingerprint density at radius 2 is 2.00 bits per heavy atom. The van der Waals surface area contributed by atoms with Crippen molar-refractivity contribution in [2.45, 2.75) is 25.4 Å². The van der Waals surface area contributed by atoms with Crippen LogP contribution >= 0.6 is 12.4 Å². The molecule has 0 radical (unpaired) electrons. The zero-order valence-electron chi connectivity index (χ0n) is 9.61. The molecule has 2 saturated heterocycles. The molecule has 2 aliphatic rings. The van der Waals surface area contributed by atoms with Gasteiger partial charge in [-0.3, -0.25) is 4.79 Å². The lowest BCUT2D eigenvalue weighted by molar-refractivity contribution is -0.148. The van der Waals surface area contributed by atoms with E-state index in [4.69, 9.17) is 9.47 Å². The molecule has 1 N–H and O–H groups in total. The zero-order valence-corrected chi connectivity index (χ0v) is 10.4. The van der Waals surface area contributed by atoms with Crippen LogP contribution in [0.1, 0.15) is 19.3 Å². The first-order valence-corrected chi connectivity index (χ1v) is 5.73. The van der Waals surface area contributed by atoms with E-state index in [0.717, 1.165) is 32.4 Å². The standard InChI is InChI=1S/C11H19NO3.ClH/c1-14-11(13)9-4-7-15-10(9)8-2-5-12-6-3-8;/h8-10,12H,2-7H2,1H3;1H/t9-,10+;/m1./s1. The summed E-state index contributed by atoms with van der Waals surface area (Å²) in [5.41, 5.74) is 0. The minimum Gasteiger partial charge on any atom is -0.469 e. The van der Waals surface area contributed by atoms with Gasteiger partial charge in [0.2, 0.25) is 0 Å². The number of carbonyl (C=O) groups is 1. The second-order valence-electron chi connectivity index (χ2n) is 4.34. The molecule has 2 atom stereocenters. The molecular weight excluding hydrogens is 230 g/mol. The number of methoxy groups -OCH3 is 1. The van der Waals surface area contributed by atoms with Crippen LogP contribution in [0.3, 0.4) is 0 Å². The van der Waals surface area contributed by atoms with Gasteiger partial charge in [-0.2, -0.15) is 0 Å². The first-order valence-electron chi connectivity index (χ1n) is 5.73.